The number of nitrogens with one attached hydrogen (secondary N) is 2. The number of sulfonamides is 1. The van der Waals surface area contributed by atoms with Crippen LogP contribution in [0.1, 0.15) is 31.2 Å². The van der Waals surface area contributed by atoms with Gasteiger partial charge in [-0.1, -0.05) is 6.07 Å². The molecule has 10 heteroatoms. The lowest BCUT2D eigenvalue weighted by Gasteiger charge is -2.26. The highest BCUT2D eigenvalue weighted by Gasteiger charge is 2.56. The van der Waals surface area contributed by atoms with Crippen molar-refractivity contribution in [2.45, 2.75) is 43.5 Å². The molecule has 1 aliphatic heterocycles. The van der Waals surface area contributed by atoms with Crippen LogP contribution in [0, 0.1) is 24.4 Å². The van der Waals surface area contributed by atoms with Gasteiger partial charge in [-0.15, -0.1) is 0 Å². The molecule has 0 aromatic heterocycles. The van der Waals surface area contributed by atoms with Gasteiger partial charge in [-0.05, 0) is 43.9 Å². The van der Waals surface area contributed by atoms with Gasteiger partial charge in [-0.25, -0.2) is 21.6 Å². The van der Waals surface area contributed by atoms with E-state index in [0.29, 0.717) is 18.4 Å². The Kier molecular flexibility index (Phi) is 5.09. The summed E-state index contributed by atoms with van der Waals surface area (Å²) in [6.07, 6.45) is -0.0795. The first-order valence-electron chi connectivity index (χ1n) is 9.50. The standard InChI is InChI=1S/C20H21F3N2O4S/c1-11-2-3-15(13(21)8-11)24-19-17(23)14(22)9-16-18(19)25-30(27,28)20(5-6-20)10-12(26)4-7-29-16/h2-3,8-9,12,24-26H,4-7,10H2,1H3. The largest absolute Gasteiger partial charge is 0.491 e. The van der Waals surface area contributed by atoms with E-state index in [1.807, 2.05) is 0 Å². The minimum atomic E-state index is -4.07. The Morgan fingerprint density at radius 1 is 1.20 bits per heavy atom. The van der Waals surface area contributed by atoms with Crippen LogP contribution in [0.15, 0.2) is 24.3 Å². The Balaban J connectivity index is 1.84. The van der Waals surface area contributed by atoms with Gasteiger partial charge in [0, 0.05) is 12.5 Å². The lowest BCUT2D eigenvalue weighted by molar-refractivity contribution is 0.127. The molecule has 0 saturated heterocycles. The SMILES string of the molecule is Cc1ccc(Nc2c(F)c(F)cc3c2NS(=O)(=O)C2(CC2)CC(O)CCO3)c(F)c1. The van der Waals surface area contributed by atoms with Crippen LogP contribution in [0.2, 0.25) is 0 Å². The number of halogens is 3. The van der Waals surface area contributed by atoms with E-state index in [2.05, 4.69) is 10.0 Å². The van der Waals surface area contributed by atoms with Crippen molar-refractivity contribution in [2.75, 3.05) is 16.6 Å². The molecular weight excluding hydrogens is 421 g/mol. The fraction of sp³-hybridized carbons (Fsp3) is 0.400. The number of aryl methyl sites for hydroxylation is 1. The highest BCUT2D eigenvalue weighted by Crippen LogP contribution is 2.50. The van der Waals surface area contributed by atoms with Gasteiger partial charge in [0.1, 0.15) is 22.9 Å². The summed E-state index contributed by atoms with van der Waals surface area (Å²) in [6, 6.07) is 4.86. The molecule has 0 bridgehead atoms. The van der Waals surface area contributed by atoms with Gasteiger partial charge in [0.05, 0.1) is 23.1 Å². The zero-order valence-electron chi connectivity index (χ0n) is 16.1. The van der Waals surface area contributed by atoms with Gasteiger partial charge in [0.25, 0.3) is 0 Å². The second kappa shape index (κ2) is 7.35. The fourth-order valence-electron chi connectivity index (χ4n) is 3.59. The van der Waals surface area contributed by atoms with E-state index in [1.165, 1.54) is 12.1 Å². The molecular formula is C20H21F3N2O4S. The number of ether oxygens (including phenoxy) is 1. The molecule has 1 spiro atoms. The predicted molar refractivity (Wildman–Crippen MR) is 106 cm³/mol. The van der Waals surface area contributed by atoms with Crippen molar-refractivity contribution >= 4 is 27.1 Å². The molecule has 1 atom stereocenters. The second-order valence-corrected chi connectivity index (χ2v) is 9.89. The van der Waals surface area contributed by atoms with Crippen LogP contribution in [0.5, 0.6) is 5.75 Å². The number of rotatable bonds is 2. The van der Waals surface area contributed by atoms with Gasteiger partial charge in [0.15, 0.2) is 11.6 Å². The summed E-state index contributed by atoms with van der Waals surface area (Å²) in [4.78, 5) is 0. The summed E-state index contributed by atoms with van der Waals surface area (Å²) in [5.74, 6) is -3.63. The number of aliphatic hydroxyl groups excluding tert-OH is 1. The average molecular weight is 442 g/mol. The van der Waals surface area contributed by atoms with Crippen molar-refractivity contribution in [3.05, 3.63) is 47.3 Å². The third kappa shape index (κ3) is 3.69. The lowest BCUT2D eigenvalue weighted by Crippen LogP contribution is -2.35. The third-order valence-electron chi connectivity index (χ3n) is 5.50. The average Bonchev–Trinajstić information content (AvgIpc) is 3.44. The van der Waals surface area contributed by atoms with Crippen LogP contribution in [0.25, 0.3) is 0 Å². The van der Waals surface area contributed by atoms with Crippen molar-refractivity contribution in [1.82, 2.24) is 0 Å². The van der Waals surface area contributed by atoms with Crippen LogP contribution >= 0.6 is 0 Å². The zero-order chi connectivity index (χ0) is 21.7. The first kappa shape index (κ1) is 20.8. The van der Waals surface area contributed by atoms with E-state index in [9.17, 15) is 26.7 Å². The monoisotopic (exact) mass is 442 g/mol. The van der Waals surface area contributed by atoms with Gasteiger partial charge in [-0.3, -0.25) is 4.72 Å². The molecule has 1 saturated carbocycles. The molecule has 2 aromatic rings. The molecule has 6 nitrogen and oxygen atoms in total. The Labute approximate surface area is 172 Å². The van der Waals surface area contributed by atoms with Crippen LogP contribution in [0.4, 0.5) is 30.2 Å². The highest BCUT2D eigenvalue weighted by molar-refractivity contribution is 7.94. The normalized spacial score (nSPS) is 21.8. The van der Waals surface area contributed by atoms with Crippen molar-refractivity contribution < 1.29 is 31.4 Å². The minimum absolute atomic E-state index is 0.0139. The maximum absolute atomic E-state index is 14.7. The summed E-state index contributed by atoms with van der Waals surface area (Å²) in [7, 11) is -4.07. The first-order chi connectivity index (χ1) is 14.1. The van der Waals surface area contributed by atoms with Crippen LogP contribution < -0.4 is 14.8 Å². The van der Waals surface area contributed by atoms with Gasteiger partial charge in [0.2, 0.25) is 10.0 Å². The van der Waals surface area contributed by atoms with Gasteiger partial charge in [-0.2, -0.15) is 0 Å². The Morgan fingerprint density at radius 2 is 1.93 bits per heavy atom. The number of benzene rings is 2. The fourth-order valence-corrected chi connectivity index (χ4v) is 5.33. The maximum atomic E-state index is 14.7. The molecule has 1 heterocycles. The van der Waals surface area contributed by atoms with E-state index in [-0.39, 0.29) is 36.6 Å². The maximum Gasteiger partial charge on any atom is 0.238 e. The number of hydrogen-bond donors (Lipinski definition) is 3. The van der Waals surface area contributed by atoms with Crippen molar-refractivity contribution in [1.29, 1.82) is 0 Å². The van der Waals surface area contributed by atoms with Gasteiger partial charge >= 0.3 is 0 Å². The second-order valence-electron chi connectivity index (χ2n) is 7.81. The Bertz CT molecular complexity index is 1100. The summed E-state index contributed by atoms with van der Waals surface area (Å²) in [5.41, 5.74) is -0.441. The number of hydrogen-bond acceptors (Lipinski definition) is 5. The first-order valence-corrected chi connectivity index (χ1v) is 11.0. The smallest absolute Gasteiger partial charge is 0.238 e. The van der Waals surface area contributed by atoms with Crippen LogP contribution in [0.3, 0.4) is 0 Å². The number of aliphatic hydroxyl groups is 1. The zero-order valence-corrected chi connectivity index (χ0v) is 17.0. The topological polar surface area (TPSA) is 87.7 Å². The molecule has 0 radical (unpaired) electrons. The molecule has 1 unspecified atom stereocenters. The van der Waals surface area contributed by atoms with Crippen molar-refractivity contribution in [2.24, 2.45) is 0 Å². The molecule has 162 valence electrons. The van der Waals surface area contributed by atoms with E-state index in [4.69, 9.17) is 4.74 Å². The van der Waals surface area contributed by atoms with E-state index in [0.717, 1.165) is 6.07 Å². The van der Waals surface area contributed by atoms with Gasteiger partial charge < -0.3 is 15.2 Å². The quantitative estimate of drug-likeness (QED) is 0.655. The van der Waals surface area contributed by atoms with E-state index >= 15 is 0 Å². The van der Waals surface area contributed by atoms with Crippen molar-refractivity contribution in [3.63, 3.8) is 0 Å². The predicted octanol–water partition coefficient (Wildman–Crippen LogP) is 3.96. The number of fused-ring (bicyclic) bond motifs is 1. The Hall–Kier alpha value is -2.46. The lowest BCUT2D eigenvalue weighted by atomic mass is 10.1. The molecule has 2 aliphatic rings. The molecule has 3 N–H and O–H groups in total. The third-order valence-corrected chi connectivity index (χ3v) is 7.69. The Morgan fingerprint density at radius 3 is 2.60 bits per heavy atom. The molecule has 4 rings (SSSR count). The van der Waals surface area contributed by atoms with Crippen LogP contribution in [-0.4, -0.2) is 31.0 Å². The molecule has 0 amide bonds. The van der Waals surface area contributed by atoms with E-state index < -0.39 is 44.0 Å². The minimum Gasteiger partial charge on any atom is -0.491 e. The summed E-state index contributed by atoms with van der Waals surface area (Å²) in [6.45, 7) is 1.64. The molecule has 2 aromatic carbocycles. The summed E-state index contributed by atoms with van der Waals surface area (Å²) < 4.78 is 76.0. The highest BCUT2D eigenvalue weighted by atomic mass is 32.2. The molecule has 30 heavy (non-hydrogen) atoms. The van der Waals surface area contributed by atoms with Crippen molar-refractivity contribution in [3.8, 4) is 5.75 Å². The summed E-state index contributed by atoms with van der Waals surface area (Å²) >= 11 is 0. The van der Waals surface area contributed by atoms with Crippen LogP contribution in [-0.2, 0) is 10.0 Å². The number of anilines is 3. The molecule has 1 aliphatic carbocycles. The molecule has 1 fully saturated rings. The van der Waals surface area contributed by atoms with E-state index in [1.54, 1.807) is 13.0 Å². The summed E-state index contributed by atoms with van der Waals surface area (Å²) in [5, 5.41) is 12.6.